The minimum absolute atomic E-state index is 0.0165. The monoisotopic (exact) mass is 424 g/mol. The van der Waals surface area contributed by atoms with E-state index in [9.17, 15) is 4.79 Å². The quantitative estimate of drug-likeness (QED) is 0.480. The lowest BCUT2D eigenvalue weighted by Gasteiger charge is -2.40. The summed E-state index contributed by atoms with van der Waals surface area (Å²) in [5, 5.41) is 1.57. The largest absolute Gasteiger partial charge is 0.497 e. The highest BCUT2D eigenvalue weighted by Gasteiger charge is 2.55. The minimum Gasteiger partial charge on any atom is -0.497 e. The fraction of sp³-hybridized carbons (Fsp3) is 0.292. The Kier molecular flexibility index (Phi) is 5.82. The molecular weight excluding hydrogens is 400 g/mol. The van der Waals surface area contributed by atoms with Crippen LogP contribution >= 0.6 is 0 Å². The molecule has 0 saturated carbocycles. The van der Waals surface area contributed by atoms with Crippen LogP contribution in [0.1, 0.15) is 21.5 Å². The maximum Gasteiger partial charge on any atom is 0.262 e. The number of benzene rings is 3. The molecular formula is C24H24O7. The number of ketones is 1. The summed E-state index contributed by atoms with van der Waals surface area (Å²) in [5.74, 6) is 0.0776. The van der Waals surface area contributed by atoms with E-state index in [1.165, 1.54) is 14.2 Å². The van der Waals surface area contributed by atoms with E-state index in [0.29, 0.717) is 34.6 Å². The molecule has 3 aromatic rings. The van der Waals surface area contributed by atoms with E-state index in [1.54, 1.807) is 20.3 Å². The molecule has 0 fully saturated rings. The van der Waals surface area contributed by atoms with Crippen LogP contribution in [0.15, 0.2) is 48.5 Å². The maximum atomic E-state index is 12.7. The van der Waals surface area contributed by atoms with Gasteiger partial charge in [-0.1, -0.05) is 30.3 Å². The molecule has 1 aliphatic rings. The Bertz CT molecular complexity index is 1100. The van der Waals surface area contributed by atoms with E-state index in [0.717, 1.165) is 16.7 Å². The lowest BCUT2D eigenvalue weighted by molar-refractivity contribution is -0.185. The number of methoxy groups -OCH3 is 4. The predicted octanol–water partition coefficient (Wildman–Crippen LogP) is 4.05. The third-order valence-corrected chi connectivity index (χ3v) is 5.42. The summed E-state index contributed by atoms with van der Waals surface area (Å²) >= 11 is 0. The molecule has 0 atom stereocenters. The van der Waals surface area contributed by atoms with Crippen molar-refractivity contribution in [3.63, 3.8) is 0 Å². The SMILES string of the molecule is COCOc1c(OCc2ccc(OC)cc2)ccc2ccc3c(c12)C(OC)(OC)C3=O. The Morgan fingerprint density at radius 2 is 1.55 bits per heavy atom. The topological polar surface area (TPSA) is 72.5 Å². The molecule has 0 heterocycles. The number of hydrogen-bond donors (Lipinski definition) is 0. The summed E-state index contributed by atoms with van der Waals surface area (Å²) in [6.45, 7) is 0.342. The molecule has 1 aliphatic carbocycles. The first-order valence-corrected chi connectivity index (χ1v) is 9.72. The van der Waals surface area contributed by atoms with Crippen LogP contribution in [0.3, 0.4) is 0 Å². The van der Waals surface area contributed by atoms with Crippen molar-refractivity contribution in [1.29, 1.82) is 0 Å². The molecule has 162 valence electrons. The van der Waals surface area contributed by atoms with Crippen molar-refractivity contribution < 1.29 is 33.2 Å². The number of ether oxygens (including phenoxy) is 6. The lowest BCUT2D eigenvalue weighted by atomic mass is 9.76. The summed E-state index contributed by atoms with van der Waals surface area (Å²) in [6, 6.07) is 15.0. The molecule has 7 heteroatoms. The van der Waals surface area contributed by atoms with Crippen molar-refractivity contribution in [3.05, 3.63) is 65.2 Å². The van der Waals surface area contributed by atoms with Gasteiger partial charge in [0.05, 0.1) is 7.11 Å². The summed E-state index contributed by atoms with van der Waals surface area (Å²) in [6.07, 6.45) is 0. The zero-order valence-corrected chi connectivity index (χ0v) is 17.9. The second kappa shape index (κ2) is 8.55. The molecule has 0 aliphatic heterocycles. The van der Waals surface area contributed by atoms with E-state index < -0.39 is 5.79 Å². The van der Waals surface area contributed by atoms with Crippen LogP contribution in [0.5, 0.6) is 17.2 Å². The second-order valence-electron chi connectivity index (χ2n) is 7.02. The molecule has 31 heavy (non-hydrogen) atoms. The summed E-state index contributed by atoms with van der Waals surface area (Å²) in [4.78, 5) is 12.7. The van der Waals surface area contributed by atoms with Crippen molar-refractivity contribution in [1.82, 2.24) is 0 Å². The Hall–Kier alpha value is -3.13. The van der Waals surface area contributed by atoms with Gasteiger partial charge in [0.15, 0.2) is 18.3 Å². The number of carbonyl (C=O) groups is 1. The molecule has 0 radical (unpaired) electrons. The van der Waals surface area contributed by atoms with Crippen LogP contribution in [-0.2, 0) is 26.6 Å². The first-order valence-electron chi connectivity index (χ1n) is 9.72. The van der Waals surface area contributed by atoms with Gasteiger partial charge in [0.25, 0.3) is 5.79 Å². The number of carbonyl (C=O) groups excluding carboxylic acids is 1. The van der Waals surface area contributed by atoms with E-state index in [4.69, 9.17) is 28.4 Å². The predicted molar refractivity (Wildman–Crippen MR) is 114 cm³/mol. The van der Waals surface area contributed by atoms with Gasteiger partial charge < -0.3 is 28.4 Å². The van der Waals surface area contributed by atoms with Crippen LogP contribution in [-0.4, -0.2) is 41.0 Å². The Morgan fingerprint density at radius 1 is 0.839 bits per heavy atom. The van der Waals surface area contributed by atoms with Crippen LogP contribution < -0.4 is 14.2 Å². The van der Waals surface area contributed by atoms with Crippen molar-refractivity contribution >= 4 is 16.6 Å². The molecule has 0 aromatic heterocycles. The molecule has 0 N–H and O–H groups in total. The number of rotatable bonds is 9. The normalized spacial score (nSPS) is 14.1. The van der Waals surface area contributed by atoms with E-state index >= 15 is 0 Å². The standard InChI is InChI=1S/C24H24O7/c1-26-14-31-22-19(30-13-15-5-9-17(27-2)10-6-15)12-8-16-7-11-18-21(20(16)22)24(28-3,29-4)23(18)25/h5-12H,13-14H2,1-4H3. The van der Waals surface area contributed by atoms with Crippen LogP contribution in [0.25, 0.3) is 10.8 Å². The molecule has 0 unspecified atom stereocenters. The Labute approximate surface area is 180 Å². The van der Waals surface area contributed by atoms with Crippen molar-refractivity contribution in [2.45, 2.75) is 12.4 Å². The molecule has 0 amide bonds. The average Bonchev–Trinajstić information content (AvgIpc) is 2.82. The number of Topliss-reactive ketones (excluding diaryl/α,β-unsaturated/α-hetero) is 1. The fourth-order valence-electron chi connectivity index (χ4n) is 3.86. The van der Waals surface area contributed by atoms with Crippen LogP contribution in [0, 0.1) is 0 Å². The van der Waals surface area contributed by atoms with Gasteiger partial charge in [0.1, 0.15) is 12.4 Å². The third kappa shape index (κ3) is 3.40. The fourth-order valence-corrected chi connectivity index (χ4v) is 3.86. The number of fused-ring (bicyclic) bond motifs is 3. The summed E-state index contributed by atoms with van der Waals surface area (Å²) < 4.78 is 33.4. The number of hydrogen-bond acceptors (Lipinski definition) is 7. The smallest absolute Gasteiger partial charge is 0.262 e. The highest BCUT2D eigenvalue weighted by Crippen LogP contribution is 2.50. The Balaban J connectivity index is 1.79. The molecule has 0 saturated heterocycles. The van der Waals surface area contributed by atoms with Crippen molar-refractivity contribution in [2.75, 3.05) is 35.2 Å². The lowest BCUT2D eigenvalue weighted by Crippen LogP contribution is -2.49. The van der Waals surface area contributed by atoms with Gasteiger partial charge in [-0.15, -0.1) is 0 Å². The minimum atomic E-state index is -1.46. The highest BCUT2D eigenvalue weighted by atomic mass is 16.7. The first kappa shape index (κ1) is 21.1. The van der Waals surface area contributed by atoms with E-state index in [1.807, 2.05) is 42.5 Å². The van der Waals surface area contributed by atoms with Crippen molar-refractivity contribution in [2.24, 2.45) is 0 Å². The zero-order valence-electron chi connectivity index (χ0n) is 17.9. The van der Waals surface area contributed by atoms with Gasteiger partial charge in [-0.25, -0.2) is 0 Å². The zero-order chi connectivity index (χ0) is 22.0. The van der Waals surface area contributed by atoms with E-state index in [2.05, 4.69) is 0 Å². The molecule has 3 aromatic carbocycles. The van der Waals surface area contributed by atoms with Crippen LogP contribution in [0.2, 0.25) is 0 Å². The van der Waals surface area contributed by atoms with Gasteiger partial charge in [0, 0.05) is 37.8 Å². The molecule has 0 bridgehead atoms. The molecule has 7 nitrogen and oxygen atoms in total. The van der Waals surface area contributed by atoms with Gasteiger partial charge in [0.2, 0.25) is 5.78 Å². The maximum absolute atomic E-state index is 12.7. The molecule has 0 spiro atoms. The van der Waals surface area contributed by atoms with Crippen molar-refractivity contribution in [3.8, 4) is 17.2 Å². The average molecular weight is 424 g/mol. The van der Waals surface area contributed by atoms with Gasteiger partial charge in [-0.05, 0) is 29.1 Å². The Morgan fingerprint density at radius 3 is 2.19 bits per heavy atom. The summed E-state index contributed by atoms with van der Waals surface area (Å²) in [7, 11) is 6.06. The highest BCUT2D eigenvalue weighted by molar-refractivity contribution is 6.18. The van der Waals surface area contributed by atoms with Gasteiger partial charge >= 0.3 is 0 Å². The third-order valence-electron chi connectivity index (χ3n) is 5.42. The molecule has 4 rings (SSSR count). The van der Waals surface area contributed by atoms with E-state index in [-0.39, 0.29) is 12.6 Å². The second-order valence-corrected chi connectivity index (χ2v) is 7.02. The van der Waals surface area contributed by atoms with Crippen LogP contribution in [0.4, 0.5) is 0 Å². The first-order chi connectivity index (χ1) is 15.1. The van der Waals surface area contributed by atoms with Gasteiger partial charge in [-0.3, -0.25) is 4.79 Å². The van der Waals surface area contributed by atoms with Gasteiger partial charge in [-0.2, -0.15) is 0 Å². The summed E-state index contributed by atoms with van der Waals surface area (Å²) in [5.41, 5.74) is 2.13.